The Morgan fingerprint density at radius 3 is 2.41 bits per heavy atom. The minimum absolute atomic E-state index is 0.372. The summed E-state index contributed by atoms with van der Waals surface area (Å²) in [7, 11) is 0. The molecule has 3 aromatic carbocycles. The topological polar surface area (TPSA) is 30.5 Å². The van der Waals surface area contributed by atoms with Gasteiger partial charge in [0.15, 0.2) is 11.5 Å². The van der Waals surface area contributed by atoms with E-state index in [1.54, 1.807) is 12.1 Å². The van der Waals surface area contributed by atoms with Crippen molar-refractivity contribution in [1.82, 2.24) is 0 Å². The highest BCUT2D eigenvalue weighted by molar-refractivity contribution is 14.1. The molecule has 29 heavy (non-hydrogen) atoms. The monoisotopic (exact) mass is 561 g/mol. The molecule has 0 radical (unpaired) electrons. The van der Waals surface area contributed by atoms with E-state index in [4.69, 9.17) is 44.3 Å². The molecule has 0 saturated heterocycles. The van der Waals surface area contributed by atoms with Gasteiger partial charge in [0.25, 0.3) is 0 Å². The van der Waals surface area contributed by atoms with Crippen molar-refractivity contribution in [2.24, 2.45) is 0 Å². The summed E-state index contributed by atoms with van der Waals surface area (Å²) in [6.07, 6.45) is 0. The number of nitrogens with one attached hydrogen (secondary N) is 1. The van der Waals surface area contributed by atoms with Gasteiger partial charge in [0.1, 0.15) is 6.61 Å². The predicted octanol–water partition coefficient (Wildman–Crippen LogP) is 7.84. The largest absolute Gasteiger partial charge is 0.490 e. The molecule has 0 unspecified atom stereocenters. The Labute approximate surface area is 199 Å². The maximum Gasteiger partial charge on any atom is 0.174 e. The van der Waals surface area contributed by atoms with Gasteiger partial charge in [-0.2, -0.15) is 0 Å². The first-order chi connectivity index (χ1) is 14.0. The Hall–Kier alpha value is -1.34. The summed E-state index contributed by atoms with van der Waals surface area (Å²) in [5, 5.41) is 5.08. The van der Waals surface area contributed by atoms with Gasteiger partial charge >= 0.3 is 0 Å². The van der Waals surface area contributed by atoms with E-state index in [2.05, 4.69) is 34.0 Å². The lowest BCUT2D eigenvalue weighted by Gasteiger charge is -2.16. The normalized spacial score (nSPS) is 10.7. The van der Waals surface area contributed by atoms with Crippen LogP contribution in [0.25, 0.3) is 0 Å². The smallest absolute Gasteiger partial charge is 0.174 e. The van der Waals surface area contributed by atoms with E-state index in [0.29, 0.717) is 46.3 Å². The highest BCUT2D eigenvalue weighted by Crippen LogP contribution is 2.35. The molecule has 0 aliphatic heterocycles. The van der Waals surface area contributed by atoms with Gasteiger partial charge in [-0.1, -0.05) is 53.0 Å². The van der Waals surface area contributed by atoms with Crippen molar-refractivity contribution in [3.05, 3.63) is 84.4 Å². The molecule has 0 spiro atoms. The first kappa shape index (κ1) is 22.3. The van der Waals surface area contributed by atoms with Crippen LogP contribution in [0.1, 0.15) is 18.1 Å². The van der Waals surface area contributed by atoms with Gasteiger partial charge < -0.3 is 14.8 Å². The number of hydrogen-bond donors (Lipinski definition) is 1. The van der Waals surface area contributed by atoms with E-state index in [1.807, 2.05) is 43.3 Å². The Morgan fingerprint density at radius 1 is 0.897 bits per heavy atom. The van der Waals surface area contributed by atoms with Crippen LogP contribution in [-0.2, 0) is 13.2 Å². The van der Waals surface area contributed by atoms with Crippen LogP contribution >= 0.6 is 57.4 Å². The molecule has 0 aliphatic carbocycles. The van der Waals surface area contributed by atoms with E-state index in [9.17, 15) is 0 Å². The molecule has 0 bridgehead atoms. The number of benzene rings is 3. The second kappa shape index (κ2) is 10.6. The van der Waals surface area contributed by atoms with Crippen LogP contribution in [0.5, 0.6) is 11.5 Å². The molecule has 0 saturated carbocycles. The molecular formula is C22H19Cl3INO2. The molecule has 3 nitrogen and oxygen atoms in total. The summed E-state index contributed by atoms with van der Waals surface area (Å²) < 4.78 is 12.9. The summed E-state index contributed by atoms with van der Waals surface area (Å²) in [4.78, 5) is 0. The Bertz CT molecular complexity index is 998. The van der Waals surface area contributed by atoms with Crippen molar-refractivity contribution in [3.8, 4) is 11.5 Å². The molecule has 3 aromatic rings. The lowest BCUT2D eigenvalue weighted by atomic mass is 10.2. The van der Waals surface area contributed by atoms with Crippen molar-refractivity contribution >= 4 is 63.1 Å². The van der Waals surface area contributed by atoms with Gasteiger partial charge in [-0.05, 0) is 71.5 Å². The lowest BCUT2D eigenvalue weighted by Crippen LogP contribution is -2.05. The summed E-state index contributed by atoms with van der Waals surface area (Å²) in [6.45, 7) is 3.48. The maximum atomic E-state index is 6.24. The summed E-state index contributed by atoms with van der Waals surface area (Å²) >= 11 is 20.6. The van der Waals surface area contributed by atoms with E-state index in [-0.39, 0.29) is 0 Å². The van der Waals surface area contributed by atoms with Crippen molar-refractivity contribution in [3.63, 3.8) is 0 Å². The minimum Gasteiger partial charge on any atom is -0.490 e. The fraction of sp³-hybridized carbons (Fsp3) is 0.182. The van der Waals surface area contributed by atoms with E-state index >= 15 is 0 Å². The Kier molecular flexibility index (Phi) is 8.18. The van der Waals surface area contributed by atoms with Crippen LogP contribution < -0.4 is 14.8 Å². The Balaban J connectivity index is 1.76. The second-order valence-corrected chi connectivity index (χ2v) is 8.58. The highest BCUT2D eigenvalue weighted by Gasteiger charge is 2.13. The zero-order valence-electron chi connectivity index (χ0n) is 15.6. The maximum absolute atomic E-state index is 6.24. The van der Waals surface area contributed by atoms with E-state index in [1.165, 1.54) is 0 Å². The molecule has 0 aromatic heterocycles. The molecular weight excluding hydrogens is 544 g/mol. The predicted molar refractivity (Wildman–Crippen MR) is 130 cm³/mol. The average molecular weight is 563 g/mol. The van der Waals surface area contributed by atoms with Crippen LogP contribution in [-0.4, -0.2) is 6.61 Å². The third-order valence-electron chi connectivity index (χ3n) is 4.12. The van der Waals surface area contributed by atoms with Crippen LogP contribution in [0.15, 0.2) is 54.6 Å². The number of ether oxygens (including phenoxy) is 2. The number of anilines is 1. The fourth-order valence-electron chi connectivity index (χ4n) is 2.70. The van der Waals surface area contributed by atoms with Crippen molar-refractivity contribution < 1.29 is 9.47 Å². The average Bonchev–Trinajstić information content (AvgIpc) is 2.70. The molecule has 0 amide bonds. The van der Waals surface area contributed by atoms with Crippen LogP contribution in [0.2, 0.25) is 15.1 Å². The van der Waals surface area contributed by atoms with Gasteiger partial charge in [-0.25, -0.2) is 0 Å². The van der Waals surface area contributed by atoms with Gasteiger partial charge in [0.2, 0.25) is 0 Å². The van der Waals surface area contributed by atoms with Crippen LogP contribution in [0.4, 0.5) is 5.69 Å². The second-order valence-electron chi connectivity index (χ2n) is 6.20. The number of rotatable bonds is 8. The minimum atomic E-state index is 0.372. The standard InChI is InChI=1S/C22H19Cl3INO2/c1-2-28-21-10-14(12-27-16-7-8-18(24)19(25)11-16)9-20(26)22(21)29-13-15-5-3-4-6-17(15)23/h3-11,27H,2,12-13H2,1H3. The lowest BCUT2D eigenvalue weighted by molar-refractivity contribution is 0.267. The van der Waals surface area contributed by atoms with Crippen LogP contribution in [0.3, 0.4) is 0 Å². The molecule has 7 heteroatoms. The fourth-order valence-corrected chi connectivity index (χ4v) is 4.01. The molecule has 0 aliphatic rings. The first-order valence-corrected chi connectivity index (χ1v) is 11.2. The number of halogens is 4. The molecule has 0 heterocycles. The summed E-state index contributed by atoms with van der Waals surface area (Å²) in [6, 6.07) is 17.2. The highest BCUT2D eigenvalue weighted by atomic mass is 127. The SMILES string of the molecule is CCOc1cc(CNc2ccc(Cl)c(Cl)c2)cc(I)c1OCc1ccccc1Cl. The Morgan fingerprint density at radius 2 is 1.69 bits per heavy atom. The zero-order valence-corrected chi connectivity index (χ0v) is 20.1. The molecule has 1 N–H and O–H groups in total. The third kappa shape index (κ3) is 6.07. The third-order valence-corrected chi connectivity index (χ3v) is 6.02. The van der Waals surface area contributed by atoms with Gasteiger partial charge in [0, 0.05) is 22.8 Å². The van der Waals surface area contributed by atoms with Gasteiger partial charge in [-0.3, -0.25) is 0 Å². The van der Waals surface area contributed by atoms with E-state index in [0.717, 1.165) is 20.4 Å². The van der Waals surface area contributed by atoms with Crippen molar-refractivity contribution in [2.75, 3.05) is 11.9 Å². The van der Waals surface area contributed by atoms with Gasteiger partial charge in [0.05, 0.1) is 20.2 Å². The quantitative estimate of drug-likeness (QED) is 0.284. The summed E-state index contributed by atoms with van der Waals surface area (Å²) in [5.41, 5.74) is 2.89. The molecule has 0 atom stereocenters. The van der Waals surface area contributed by atoms with Crippen LogP contribution in [0, 0.1) is 3.57 Å². The summed E-state index contributed by atoms with van der Waals surface area (Å²) in [5.74, 6) is 1.42. The molecule has 152 valence electrons. The number of hydrogen-bond acceptors (Lipinski definition) is 3. The van der Waals surface area contributed by atoms with Crippen molar-refractivity contribution in [1.29, 1.82) is 0 Å². The van der Waals surface area contributed by atoms with E-state index < -0.39 is 0 Å². The molecule has 0 fully saturated rings. The molecule has 3 rings (SSSR count). The zero-order chi connectivity index (χ0) is 20.8. The first-order valence-electron chi connectivity index (χ1n) is 8.98. The van der Waals surface area contributed by atoms with Gasteiger partial charge in [-0.15, -0.1) is 0 Å². The van der Waals surface area contributed by atoms with Crippen molar-refractivity contribution in [2.45, 2.75) is 20.1 Å².